The summed E-state index contributed by atoms with van der Waals surface area (Å²) in [4.78, 5) is 9.07. The van der Waals surface area contributed by atoms with Gasteiger partial charge in [-0.2, -0.15) is 9.97 Å². The first-order valence-electron chi connectivity index (χ1n) is 7.65. The Hall–Kier alpha value is -2.82. The molecule has 0 amide bonds. The van der Waals surface area contributed by atoms with Crippen LogP contribution in [0.4, 0.5) is 0 Å². The van der Waals surface area contributed by atoms with E-state index in [1.54, 1.807) is 0 Å². The van der Waals surface area contributed by atoms with Crippen LogP contribution in [0.25, 0.3) is 22.2 Å². The van der Waals surface area contributed by atoms with Crippen molar-refractivity contribution >= 4 is 10.9 Å². The van der Waals surface area contributed by atoms with E-state index in [0.29, 0.717) is 31.6 Å². The Morgan fingerprint density at radius 2 is 1.74 bits per heavy atom. The average molecular weight is 308 g/mol. The standard InChI is InChI=1S/C18H16N2O3/c1-2-21-18-19-14-11-16-15(22-8-9-23-16)10-13(14)17(20-18)12-6-4-3-5-7-12/h3-7,10-11H,2,8-9H2,1H3. The normalized spacial score (nSPS) is 13.1. The van der Waals surface area contributed by atoms with Crippen molar-refractivity contribution in [1.82, 2.24) is 9.97 Å². The van der Waals surface area contributed by atoms with Crippen molar-refractivity contribution in [1.29, 1.82) is 0 Å². The van der Waals surface area contributed by atoms with Crippen LogP contribution in [-0.2, 0) is 0 Å². The van der Waals surface area contributed by atoms with Gasteiger partial charge in [-0.25, -0.2) is 0 Å². The lowest BCUT2D eigenvalue weighted by Gasteiger charge is -2.19. The molecule has 0 N–H and O–H groups in total. The van der Waals surface area contributed by atoms with E-state index in [4.69, 9.17) is 14.2 Å². The van der Waals surface area contributed by atoms with Crippen molar-refractivity contribution in [3.05, 3.63) is 42.5 Å². The molecule has 5 nitrogen and oxygen atoms in total. The molecule has 116 valence electrons. The summed E-state index contributed by atoms with van der Waals surface area (Å²) in [5.74, 6) is 1.44. The van der Waals surface area contributed by atoms with E-state index in [9.17, 15) is 0 Å². The summed E-state index contributed by atoms with van der Waals surface area (Å²) in [5.41, 5.74) is 2.63. The number of ether oxygens (including phenoxy) is 3. The molecule has 0 aliphatic carbocycles. The zero-order valence-corrected chi connectivity index (χ0v) is 12.8. The van der Waals surface area contributed by atoms with Gasteiger partial charge in [0.25, 0.3) is 0 Å². The Bertz CT molecular complexity index is 850. The highest BCUT2D eigenvalue weighted by molar-refractivity contribution is 5.94. The maximum absolute atomic E-state index is 5.69. The van der Waals surface area contributed by atoms with Gasteiger partial charge in [0.05, 0.1) is 17.8 Å². The predicted octanol–water partition coefficient (Wildman–Crippen LogP) is 3.47. The highest BCUT2D eigenvalue weighted by Gasteiger charge is 2.17. The number of rotatable bonds is 3. The highest BCUT2D eigenvalue weighted by Crippen LogP contribution is 2.37. The number of hydrogen-bond donors (Lipinski definition) is 0. The molecule has 0 saturated carbocycles. The Morgan fingerprint density at radius 3 is 2.48 bits per heavy atom. The molecule has 0 saturated heterocycles. The van der Waals surface area contributed by atoms with E-state index >= 15 is 0 Å². The van der Waals surface area contributed by atoms with Gasteiger partial charge in [-0.1, -0.05) is 30.3 Å². The Kier molecular flexibility index (Phi) is 3.46. The second-order valence-electron chi connectivity index (χ2n) is 5.17. The van der Waals surface area contributed by atoms with Gasteiger partial charge < -0.3 is 14.2 Å². The highest BCUT2D eigenvalue weighted by atomic mass is 16.6. The molecular formula is C18H16N2O3. The van der Waals surface area contributed by atoms with Gasteiger partial charge in [0, 0.05) is 17.0 Å². The van der Waals surface area contributed by atoms with E-state index in [1.165, 1.54) is 0 Å². The minimum absolute atomic E-state index is 0.371. The van der Waals surface area contributed by atoms with Gasteiger partial charge in [0.1, 0.15) is 13.2 Å². The van der Waals surface area contributed by atoms with Crippen LogP contribution in [0.15, 0.2) is 42.5 Å². The monoisotopic (exact) mass is 308 g/mol. The topological polar surface area (TPSA) is 53.5 Å². The summed E-state index contributed by atoms with van der Waals surface area (Å²) >= 11 is 0. The lowest BCUT2D eigenvalue weighted by molar-refractivity contribution is 0.172. The third kappa shape index (κ3) is 2.54. The van der Waals surface area contributed by atoms with E-state index in [0.717, 1.165) is 27.9 Å². The van der Waals surface area contributed by atoms with E-state index in [1.807, 2.05) is 49.4 Å². The fourth-order valence-corrected chi connectivity index (χ4v) is 2.65. The number of nitrogens with zero attached hydrogens (tertiary/aromatic N) is 2. The van der Waals surface area contributed by atoms with Crippen LogP contribution >= 0.6 is 0 Å². The van der Waals surface area contributed by atoms with Crippen molar-refractivity contribution in [2.24, 2.45) is 0 Å². The molecule has 0 spiro atoms. The van der Waals surface area contributed by atoms with Crippen LogP contribution in [0.2, 0.25) is 0 Å². The zero-order chi connectivity index (χ0) is 15.6. The lowest BCUT2D eigenvalue weighted by Crippen LogP contribution is -2.15. The van der Waals surface area contributed by atoms with Gasteiger partial charge in [-0.15, -0.1) is 0 Å². The predicted molar refractivity (Wildman–Crippen MR) is 87.1 cm³/mol. The maximum atomic E-state index is 5.69. The van der Waals surface area contributed by atoms with Gasteiger partial charge in [0.2, 0.25) is 0 Å². The Balaban J connectivity index is 1.98. The van der Waals surface area contributed by atoms with Crippen LogP contribution in [0.3, 0.4) is 0 Å². The largest absolute Gasteiger partial charge is 0.486 e. The van der Waals surface area contributed by atoms with Gasteiger partial charge in [-0.3, -0.25) is 0 Å². The summed E-state index contributed by atoms with van der Waals surface area (Å²) in [6, 6.07) is 14.2. The lowest BCUT2D eigenvalue weighted by atomic mass is 10.1. The third-order valence-electron chi connectivity index (χ3n) is 3.66. The molecule has 0 unspecified atom stereocenters. The van der Waals surface area contributed by atoms with E-state index in [-0.39, 0.29) is 0 Å². The molecule has 3 aromatic rings. The van der Waals surface area contributed by atoms with Crippen molar-refractivity contribution < 1.29 is 14.2 Å². The molecule has 5 heteroatoms. The molecule has 2 heterocycles. The van der Waals surface area contributed by atoms with Crippen LogP contribution in [-0.4, -0.2) is 29.8 Å². The fourth-order valence-electron chi connectivity index (χ4n) is 2.65. The number of hydrogen-bond acceptors (Lipinski definition) is 5. The fraction of sp³-hybridized carbons (Fsp3) is 0.222. The molecule has 4 rings (SSSR count). The molecule has 2 aromatic carbocycles. The molecule has 23 heavy (non-hydrogen) atoms. The molecule has 1 aliphatic rings. The first-order valence-corrected chi connectivity index (χ1v) is 7.65. The first kappa shape index (κ1) is 13.8. The van der Waals surface area contributed by atoms with Gasteiger partial charge in [-0.05, 0) is 13.0 Å². The van der Waals surface area contributed by atoms with Gasteiger partial charge in [0.15, 0.2) is 11.5 Å². The quantitative estimate of drug-likeness (QED) is 0.741. The smallest absolute Gasteiger partial charge is 0.317 e. The van der Waals surface area contributed by atoms with Crippen molar-refractivity contribution in [2.45, 2.75) is 6.92 Å². The molecule has 1 aromatic heterocycles. The molecule has 0 bridgehead atoms. The summed E-state index contributed by atoms with van der Waals surface area (Å²) in [6.45, 7) is 3.54. The molecule has 1 aliphatic heterocycles. The maximum Gasteiger partial charge on any atom is 0.317 e. The average Bonchev–Trinajstić information content (AvgIpc) is 2.60. The first-order chi connectivity index (χ1) is 11.3. The molecule has 0 radical (unpaired) electrons. The SMILES string of the molecule is CCOc1nc(-c2ccccc2)c2cc3c(cc2n1)OCCO3. The summed E-state index contributed by atoms with van der Waals surface area (Å²) in [7, 11) is 0. The minimum Gasteiger partial charge on any atom is -0.486 e. The second kappa shape index (κ2) is 5.76. The molecular weight excluding hydrogens is 292 g/mol. The molecule has 0 atom stereocenters. The van der Waals surface area contributed by atoms with Crippen LogP contribution in [0.5, 0.6) is 17.5 Å². The third-order valence-corrected chi connectivity index (χ3v) is 3.66. The second-order valence-corrected chi connectivity index (χ2v) is 5.17. The Labute approximate surface area is 133 Å². The van der Waals surface area contributed by atoms with E-state index < -0.39 is 0 Å². The zero-order valence-electron chi connectivity index (χ0n) is 12.8. The summed E-state index contributed by atoms with van der Waals surface area (Å²) in [6.07, 6.45) is 0. The van der Waals surface area contributed by atoms with Crippen molar-refractivity contribution in [2.75, 3.05) is 19.8 Å². The van der Waals surface area contributed by atoms with Crippen LogP contribution < -0.4 is 14.2 Å². The molecule has 0 fully saturated rings. The van der Waals surface area contributed by atoms with E-state index in [2.05, 4.69) is 9.97 Å². The number of fused-ring (bicyclic) bond motifs is 2. The number of aromatic nitrogens is 2. The van der Waals surface area contributed by atoms with Crippen LogP contribution in [0, 0.1) is 0 Å². The summed E-state index contributed by atoms with van der Waals surface area (Å²) < 4.78 is 16.9. The summed E-state index contributed by atoms with van der Waals surface area (Å²) in [5, 5.41) is 0.920. The minimum atomic E-state index is 0.371. The number of benzene rings is 2. The van der Waals surface area contributed by atoms with Crippen LogP contribution in [0.1, 0.15) is 6.92 Å². The Morgan fingerprint density at radius 1 is 1.00 bits per heavy atom. The van der Waals surface area contributed by atoms with Crippen molar-refractivity contribution in [3.8, 4) is 28.8 Å². The van der Waals surface area contributed by atoms with Gasteiger partial charge >= 0.3 is 6.01 Å². The van der Waals surface area contributed by atoms with Crippen molar-refractivity contribution in [3.63, 3.8) is 0 Å².